The molecule has 1 nitrogen and oxygen atoms in total. The van der Waals surface area contributed by atoms with Gasteiger partial charge < -0.3 is 4.79 Å². The lowest BCUT2D eigenvalue weighted by atomic mass is 9.98. The summed E-state index contributed by atoms with van der Waals surface area (Å²) in [5, 5.41) is 0. The first-order chi connectivity index (χ1) is 8.61. The van der Waals surface area contributed by atoms with Gasteiger partial charge in [-0.1, -0.05) is 30.3 Å². The molecule has 2 aromatic rings. The fourth-order valence-corrected chi connectivity index (χ4v) is 1.97. The van der Waals surface area contributed by atoms with Crippen molar-refractivity contribution < 1.29 is 9.18 Å². The van der Waals surface area contributed by atoms with E-state index >= 15 is 0 Å². The molecular formula is C16H15FO. The highest BCUT2D eigenvalue weighted by Crippen LogP contribution is 2.24. The average Bonchev–Trinajstić information content (AvgIpc) is 2.35. The second-order valence-corrected chi connectivity index (χ2v) is 4.48. The molecule has 0 unspecified atom stereocenters. The zero-order valence-corrected chi connectivity index (χ0v) is 10.5. The molecule has 18 heavy (non-hydrogen) atoms. The third-order valence-corrected chi connectivity index (χ3v) is 3.15. The predicted octanol–water partition coefficient (Wildman–Crippen LogP) is 3.85. The lowest BCUT2D eigenvalue weighted by molar-refractivity contribution is -0.107. The van der Waals surface area contributed by atoms with Crippen LogP contribution in [0, 0.1) is 19.7 Å². The summed E-state index contributed by atoms with van der Waals surface area (Å²) in [6.07, 6.45) is 1.32. The van der Waals surface area contributed by atoms with Crippen LogP contribution in [0.1, 0.15) is 16.7 Å². The van der Waals surface area contributed by atoms with Crippen LogP contribution in [0.2, 0.25) is 0 Å². The topological polar surface area (TPSA) is 17.1 Å². The summed E-state index contributed by atoms with van der Waals surface area (Å²) in [5.74, 6) is -0.192. The van der Waals surface area contributed by atoms with E-state index < -0.39 is 0 Å². The summed E-state index contributed by atoms with van der Waals surface area (Å²) in [4.78, 5) is 10.5. The highest BCUT2D eigenvalue weighted by atomic mass is 19.1. The van der Waals surface area contributed by atoms with Crippen molar-refractivity contribution in [1.82, 2.24) is 0 Å². The van der Waals surface area contributed by atoms with E-state index in [0.29, 0.717) is 12.0 Å². The van der Waals surface area contributed by atoms with Crippen molar-refractivity contribution in [2.45, 2.75) is 20.3 Å². The quantitative estimate of drug-likeness (QED) is 0.747. The van der Waals surface area contributed by atoms with Crippen molar-refractivity contribution in [3.63, 3.8) is 0 Å². The van der Waals surface area contributed by atoms with Crippen LogP contribution in [-0.4, -0.2) is 6.29 Å². The second-order valence-electron chi connectivity index (χ2n) is 4.48. The first-order valence-electron chi connectivity index (χ1n) is 5.91. The first-order valence-corrected chi connectivity index (χ1v) is 5.91. The number of carbonyl (C=O) groups is 1. The van der Waals surface area contributed by atoms with E-state index in [0.717, 1.165) is 28.5 Å². The molecule has 2 aromatic carbocycles. The molecule has 0 aliphatic rings. The van der Waals surface area contributed by atoms with Gasteiger partial charge in [-0.2, -0.15) is 0 Å². The molecule has 2 rings (SSSR count). The number of halogens is 1. The molecule has 0 N–H and O–H groups in total. The smallest absolute Gasteiger partial charge is 0.126 e. The van der Waals surface area contributed by atoms with E-state index in [1.165, 1.54) is 0 Å². The van der Waals surface area contributed by atoms with Gasteiger partial charge >= 0.3 is 0 Å². The van der Waals surface area contributed by atoms with Crippen LogP contribution in [0.25, 0.3) is 11.1 Å². The highest BCUT2D eigenvalue weighted by Gasteiger charge is 2.04. The van der Waals surface area contributed by atoms with Crippen LogP contribution >= 0.6 is 0 Å². The Hall–Kier alpha value is -1.96. The van der Waals surface area contributed by atoms with Gasteiger partial charge in [0.05, 0.1) is 0 Å². The number of aldehydes is 1. The summed E-state index contributed by atoms with van der Waals surface area (Å²) in [7, 11) is 0. The molecule has 0 saturated heterocycles. The van der Waals surface area contributed by atoms with E-state index in [1.807, 2.05) is 31.2 Å². The summed E-state index contributed by atoms with van der Waals surface area (Å²) in [6, 6.07) is 11.1. The Morgan fingerprint density at radius 1 is 1.00 bits per heavy atom. The van der Waals surface area contributed by atoms with Gasteiger partial charge in [-0.25, -0.2) is 4.39 Å². The van der Waals surface area contributed by atoms with Crippen LogP contribution in [0.4, 0.5) is 4.39 Å². The van der Waals surface area contributed by atoms with Gasteiger partial charge in [0.2, 0.25) is 0 Å². The van der Waals surface area contributed by atoms with Gasteiger partial charge in [0.25, 0.3) is 0 Å². The molecule has 0 fully saturated rings. The van der Waals surface area contributed by atoms with Crippen molar-refractivity contribution >= 4 is 6.29 Å². The van der Waals surface area contributed by atoms with Crippen molar-refractivity contribution in [1.29, 1.82) is 0 Å². The van der Waals surface area contributed by atoms with E-state index in [9.17, 15) is 9.18 Å². The third-order valence-electron chi connectivity index (χ3n) is 3.15. The molecule has 2 heteroatoms. The van der Waals surface area contributed by atoms with Crippen molar-refractivity contribution in [3.8, 4) is 11.1 Å². The molecule has 0 aromatic heterocycles. The minimum Gasteiger partial charge on any atom is -0.303 e. The number of benzene rings is 2. The molecule has 92 valence electrons. The standard InChI is InChI=1S/C16H15FO/c1-11-3-4-15(10-16(11)17)14-6-5-13(7-8-18)12(2)9-14/h3-6,8-10H,7H2,1-2H3. The molecule has 0 aliphatic carbocycles. The van der Waals surface area contributed by atoms with Crippen molar-refractivity contribution in [2.75, 3.05) is 0 Å². The van der Waals surface area contributed by atoms with Gasteiger partial charge in [0.1, 0.15) is 12.1 Å². The normalized spacial score (nSPS) is 10.4. The largest absolute Gasteiger partial charge is 0.303 e. The molecule has 0 atom stereocenters. The summed E-state index contributed by atoms with van der Waals surface area (Å²) < 4.78 is 13.5. The Balaban J connectivity index is 2.42. The lowest BCUT2D eigenvalue weighted by Gasteiger charge is -2.07. The van der Waals surface area contributed by atoms with Gasteiger partial charge in [-0.3, -0.25) is 0 Å². The third kappa shape index (κ3) is 2.48. The Labute approximate surface area is 106 Å². The first kappa shape index (κ1) is 12.5. The van der Waals surface area contributed by atoms with E-state index in [2.05, 4.69) is 0 Å². The molecule has 0 amide bonds. The van der Waals surface area contributed by atoms with E-state index in [-0.39, 0.29) is 5.82 Å². The highest BCUT2D eigenvalue weighted by molar-refractivity contribution is 5.66. The van der Waals surface area contributed by atoms with E-state index in [4.69, 9.17) is 0 Å². The van der Waals surface area contributed by atoms with Crippen LogP contribution in [0.15, 0.2) is 36.4 Å². The summed E-state index contributed by atoms with van der Waals surface area (Å²) in [6.45, 7) is 3.71. The Morgan fingerprint density at radius 2 is 1.67 bits per heavy atom. The number of hydrogen-bond donors (Lipinski definition) is 0. The number of aryl methyl sites for hydroxylation is 2. The van der Waals surface area contributed by atoms with Gasteiger partial charge in [0, 0.05) is 6.42 Å². The molecule has 0 aliphatic heterocycles. The second kappa shape index (κ2) is 5.13. The summed E-state index contributed by atoms with van der Waals surface area (Å²) in [5.41, 5.74) is 4.55. The molecule has 0 radical (unpaired) electrons. The zero-order valence-electron chi connectivity index (χ0n) is 10.5. The van der Waals surface area contributed by atoms with E-state index in [1.54, 1.807) is 19.1 Å². The maximum atomic E-state index is 13.5. The molecule has 0 spiro atoms. The molecular weight excluding hydrogens is 227 g/mol. The van der Waals surface area contributed by atoms with Gasteiger partial charge in [-0.15, -0.1) is 0 Å². The van der Waals surface area contributed by atoms with Crippen LogP contribution in [0.3, 0.4) is 0 Å². The fourth-order valence-electron chi connectivity index (χ4n) is 1.97. The molecule has 0 saturated carbocycles. The molecule has 0 heterocycles. The average molecular weight is 242 g/mol. The zero-order chi connectivity index (χ0) is 13.1. The van der Waals surface area contributed by atoms with Crippen LogP contribution in [-0.2, 0) is 11.2 Å². The molecule has 0 bridgehead atoms. The Morgan fingerprint density at radius 3 is 2.28 bits per heavy atom. The number of rotatable bonds is 3. The minimum atomic E-state index is -0.192. The Bertz CT molecular complexity index is 588. The number of carbonyl (C=O) groups excluding carboxylic acids is 1. The van der Waals surface area contributed by atoms with Crippen molar-refractivity contribution in [3.05, 3.63) is 58.9 Å². The van der Waals surface area contributed by atoms with Crippen LogP contribution in [0.5, 0.6) is 0 Å². The lowest BCUT2D eigenvalue weighted by Crippen LogP contribution is -1.91. The predicted molar refractivity (Wildman–Crippen MR) is 71.1 cm³/mol. The summed E-state index contributed by atoms with van der Waals surface area (Å²) >= 11 is 0. The SMILES string of the molecule is Cc1ccc(-c2ccc(CC=O)c(C)c2)cc1F. The fraction of sp³-hybridized carbons (Fsp3) is 0.188. The Kier molecular flexibility index (Phi) is 3.56. The van der Waals surface area contributed by atoms with Crippen molar-refractivity contribution in [2.24, 2.45) is 0 Å². The monoisotopic (exact) mass is 242 g/mol. The van der Waals surface area contributed by atoms with Gasteiger partial charge in [-0.05, 0) is 47.7 Å². The minimum absolute atomic E-state index is 0.192. The maximum absolute atomic E-state index is 13.5. The van der Waals surface area contributed by atoms with Crippen LogP contribution < -0.4 is 0 Å². The number of hydrogen-bond acceptors (Lipinski definition) is 1. The van der Waals surface area contributed by atoms with Gasteiger partial charge in [0.15, 0.2) is 0 Å². The maximum Gasteiger partial charge on any atom is 0.126 e.